The first kappa shape index (κ1) is 17.5. The van der Waals surface area contributed by atoms with E-state index in [4.69, 9.17) is 12.2 Å². The number of benzene rings is 1. The summed E-state index contributed by atoms with van der Waals surface area (Å²) in [5.74, 6) is 3.30. The summed E-state index contributed by atoms with van der Waals surface area (Å²) in [5.41, 5.74) is 3.48. The van der Waals surface area contributed by atoms with Crippen LogP contribution in [0, 0.1) is 23.7 Å². The summed E-state index contributed by atoms with van der Waals surface area (Å²) >= 11 is 12.1. The molecule has 0 saturated heterocycles. The van der Waals surface area contributed by atoms with Gasteiger partial charge in [-0.15, -0.1) is 0 Å². The Morgan fingerprint density at radius 3 is 2.96 bits per heavy atom. The van der Waals surface area contributed by atoms with Crippen LogP contribution in [0.1, 0.15) is 24.8 Å². The number of fused-ring (bicyclic) bond motifs is 5. The van der Waals surface area contributed by atoms with E-state index in [-0.39, 0.29) is 5.75 Å². The number of hydrazone groups is 1. The third-order valence-corrected chi connectivity index (χ3v) is 7.02. The molecule has 4 rings (SSSR count). The zero-order valence-corrected chi connectivity index (χ0v) is 17.4. The number of hydrogen-bond acceptors (Lipinski definition) is 3. The second-order valence-corrected chi connectivity index (χ2v) is 9.25. The second kappa shape index (κ2) is 7.00. The third kappa shape index (κ3) is 3.38. The van der Waals surface area contributed by atoms with Gasteiger partial charge in [0.25, 0.3) is 0 Å². The van der Waals surface area contributed by atoms with Crippen molar-refractivity contribution in [2.24, 2.45) is 28.8 Å². The second-order valence-electron chi connectivity index (χ2n) is 7.08. The van der Waals surface area contributed by atoms with Crippen LogP contribution in [0.3, 0.4) is 0 Å². The lowest BCUT2D eigenvalue weighted by Gasteiger charge is -2.32. The molecule has 25 heavy (non-hydrogen) atoms. The quantitative estimate of drug-likeness (QED) is 0.259. The zero-order chi connectivity index (χ0) is 17.6. The molecule has 4 nitrogen and oxygen atoms in total. The lowest BCUT2D eigenvalue weighted by Crippen LogP contribution is -2.45. The van der Waals surface area contributed by atoms with Crippen molar-refractivity contribution in [2.45, 2.75) is 25.3 Å². The predicted octanol–water partition coefficient (Wildman–Crippen LogP) is 4.32. The van der Waals surface area contributed by atoms with Crippen molar-refractivity contribution >= 4 is 55.4 Å². The number of thiocarbonyl (C=S) groups is 1. The monoisotopic (exact) mass is 483 g/mol. The Morgan fingerprint density at radius 1 is 1.28 bits per heavy atom. The summed E-state index contributed by atoms with van der Waals surface area (Å²) in [4.78, 5) is 0. The van der Waals surface area contributed by atoms with E-state index >= 15 is 0 Å². The van der Waals surface area contributed by atoms with Crippen LogP contribution >= 0.6 is 44.1 Å². The first-order chi connectivity index (χ1) is 12.0. The number of aromatic hydroxyl groups is 1. The van der Waals surface area contributed by atoms with Crippen molar-refractivity contribution in [1.29, 1.82) is 0 Å². The molecule has 0 spiro atoms. The van der Waals surface area contributed by atoms with Crippen molar-refractivity contribution in [3.8, 4) is 5.75 Å². The third-order valence-electron chi connectivity index (χ3n) is 5.75. The highest BCUT2D eigenvalue weighted by molar-refractivity contribution is 9.11. The topological polar surface area (TPSA) is 56.7 Å². The van der Waals surface area contributed by atoms with Gasteiger partial charge in [0.05, 0.1) is 10.7 Å². The Bertz CT molecular complexity index is 767. The maximum absolute atomic E-state index is 10.0. The SMILES string of the molecule is Oc1c(Br)cc(Br)cc1/C=N/NC(=S)NC1CC2CC1C1C=CCC21. The first-order valence-electron chi connectivity index (χ1n) is 8.47. The molecule has 132 valence electrons. The maximum atomic E-state index is 10.0. The largest absolute Gasteiger partial charge is 0.506 e. The summed E-state index contributed by atoms with van der Waals surface area (Å²) < 4.78 is 1.48. The minimum atomic E-state index is 0.153. The van der Waals surface area contributed by atoms with E-state index in [1.165, 1.54) is 19.3 Å². The summed E-state index contributed by atoms with van der Waals surface area (Å²) in [6.45, 7) is 0. The molecule has 5 atom stereocenters. The van der Waals surface area contributed by atoms with E-state index < -0.39 is 0 Å². The minimum Gasteiger partial charge on any atom is -0.506 e. The van der Waals surface area contributed by atoms with E-state index in [9.17, 15) is 5.11 Å². The number of phenols is 1. The molecule has 2 bridgehead atoms. The molecule has 1 aromatic rings. The number of nitrogens with one attached hydrogen (secondary N) is 2. The van der Waals surface area contributed by atoms with Crippen molar-refractivity contribution in [2.75, 3.05) is 0 Å². The molecule has 0 aromatic heterocycles. The van der Waals surface area contributed by atoms with Crippen LogP contribution in [-0.4, -0.2) is 22.5 Å². The van der Waals surface area contributed by atoms with Crippen molar-refractivity contribution in [3.63, 3.8) is 0 Å². The van der Waals surface area contributed by atoms with Crippen LogP contribution in [0.4, 0.5) is 0 Å². The Labute approximate surface area is 169 Å². The number of hydrogen-bond donors (Lipinski definition) is 3. The molecule has 0 amide bonds. The lowest BCUT2D eigenvalue weighted by atomic mass is 9.79. The highest BCUT2D eigenvalue weighted by Gasteiger charge is 2.52. The molecule has 2 saturated carbocycles. The van der Waals surface area contributed by atoms with Gasteiger partial charge in [0.2, 0.25) is 0 Å². The molecule has 3 N–H and O–H groups in total. The Hall–Kier alpha value is -0.920. The average Bonchev–Trinajstić information content (AvgIpc) is 3.24. The van der Waals surface area contributed by atoms with Gasteiger partial charge in [-0.2, -0.15) is 5.10 Å². The van der Waals surface area contributed by atoms with Gasteiger partial charge >= 0.3 is 0 Å². The summed E-state index contributed by atoms with van der Waals surface area (Å²) in [7, 11) is 0. The summed E-state index contributed by atoms with van der Waals surface area (Å²) in [6.07, 6.45) is 10.1. The zero-order valence-electron chi connectivity index (χ0n) is 13.5. The lowest BCUT2D eigenvalue weighted by molar-refractivity contribution is 0.246. The van der Waals surface area contributed by atoms with Gasteiger partial charge in [-0.05, 0) is 83.2 Å². The summed E-state index contributed by atoms with van der Waals surface area (Å²) in [6, 6.07) is 4.02. The van der Waals surface area contributed by atoms with Gasteiger partial charge < -0.3 is 10.4 Å². The normalized spacial score (nSPS) is 32.3. The number of allylic oxidation sites excluding steroid dienone is 2. The van der Waals surface area contributed by atoms with Gasteiger partial charge in [0, 0.05) is 16.1 Å². The Kier molecular flexibility index (Phi) is 4.90. The fourth-order valence-electron chi connectivity index (χ4n) is 4.76. The van der Waals surface area contributed by atoms with Crippen LogP contribution in [0.25, 0.3) is 0 Å². The molecule has 2 fully saturated rings. The van der Waals surface area contributed by atoms with Gasteiger partial charge in [-0.25, -0.2) is 0 Å². The van der Waals surface area contributed by atoms with Crippen LogP contribution < -0.4 is 10.7 Å². The van der Waals surface area contributed by atoms with E-state index in [1.54, 1.807) is 18.3 Å². The average molecular weight is 485 g/mol. The minimum absolute atomic E-state index is 0.153. The number of rotatable bonds is 3. The van der Waals surface area contributed by atoms with E-state index in [0.29, 0.717) is 27.1 Å². The van der Waals surface area contributed by atoms with Crippen molar-refractivity contribution in [1.82, 2.24) is 10.7 Å². The molecule has 1 aromatic carbocycles. The number of phenolic OH excluding ortho intramolecular Hbond substituents is 1. The molecule has 3 aliphatic carbocycles. The molecular weight excluding hydrogens is 466 g/mol. The molecule has 0 aliphatic heterocycles. The van der Waals surface area contributed by atoms with Crippen molar-refractivity contribution in [3.05, 3.63) is 38.8 Å². The maximum Gasteiger partial charge on any atom is 0.187 e. The molecule has 5 unspecified atom stereocenters. The van der Waals surface area contributed by atoms with E-state index in [1.807, 2.05) is 0 Å². The fourth-order valence-corrected chi connectivity index (χ4v) is 6.22. The Morgan fingerprint density at radius 2 is 2.12 bits per heavy atom. The van der Waals surface area contributed by atoms with Gasteiger partial charge in [0.1, 0.15) is 5.75 Å². The van der Waals surface area contributed by atoms with Crippen LogP contribution in [0.2, 0.25) is 0 Å². The molecular formula is C18H19Br2N3OS. The predicted molar refractivity (Wildman–Crippen MR) is 111 cm³/mol. The van der Waals surface area contributed by atoms with Gasteiger partial charge in [-0.1, -0.05) is 28.1 Å². The number of halogens is 2. The van der Waals surface area contributed by atoms with E-state index in [2.05, 4.69) is 59.9 Å². The first-order valence-corrected chi connectivity index (χ1v) is 10.5. The van der Waals surface area contributed by atoms with Crippen LogP contribution in [0.15, 0.2) is 38.3 Å². The van der Waals surface area contributed by atoms with E-state index in [0.717, 1.165) is 22.2 Å². The highest BCUT2D eigenvalue weighted by Crippen LogP contribution is 2.56. The van der Waals surface area contributed by atoms with Crippen LogP contribution in [-0.2, 0) is 0 Å². The number of nitrogens with zero attached hydrogens (tertiary/aromatic N) is 1. The van der Waals surface area contributed by atoms with Crippen LogP contribution in [0.5, 0.6) is 5.75 Å². The molecule has 0 heterocycles. The molecule has 7 heteroatoms. The molecule has 0 radical (unpaired) electrons. The highest BCUT2D eigenvalue weighted by atomic mass is 79.9. The Balaban J connectivity index is 1.34. The van der Waals surface area contributed by atoms with Gasteiger partial charge in [0.15, 0.2) is 5.11 Å². The smallest absolute Gasteiger partial charge is 0.187 e. The molecule has 3 aliphatic rings. The fraction of sp³-hybridized carbons (Fsp3) is 0.444. The summed E-state index contributed by atoms with van der Waals surface area (Å²) in [5, 5.41) is 18.2. The van der Waals surface area contributed by atoms with Gasteiger partial charge in [-0.3, -0.25) is 5.43 Å². The standard InChI is InChI=1S/C18H19Br2N3OS/c19-11-4-10(17(24)15(20)7-11)8-21-23-18(25)22-16-6-9-5-14(16)13-3-1-2-12(9)13/h1,3-4,7-9,12-14,16,24H,2,5-6H2,(H2,22,23,25)/b21-8+. The van der Waals surface area contributed by atoms with Crippen molar-refractivity contribution < 1.29 is 5.11 Å².